The maximum atomic E-state index is 12.5. The minimum Gasteiger partial charge on any atom is -0.455 e. The van der Waals surface area contributed by atoms with E-state index < -0.39 is 0 Å². The predicted molar refractivity (Wildman–Crippen MR) is 90.3 cm³/mol. The second-order valence-corrected chi connectivity index (χ2v) is 6.61. The van der Waals surface area contributed by atoms with Gasteiger partial charge in [0.05, 0.1) is 0 Å². The molecule has 1 aromatic rings. The lowest BCUT2D eigenvalue weighted by Crippen LogP contribution is -2.38. The van der Waals surface area contributed by atoms with Gasteiger partial charge in [-0.25, -0.2) is 4.79 Å². The summed E-state index contributed by atoms with van der Waals surface area (Å²) in [5.74, 6) is 0.489. The van der Waals surface area contributed by atoms with Crippen molar-refractivity contribution >= 4 is 11.7 Å². The van der Waals surface area contributed by atoms with Gasteiger partial charge in [0.25, 0.3) is 0 Å². The van der Waals surface area contributed by atoms with Crippen LogP contribution in [0.1, 0.15) is 52.0 Å². The zero-order valence-corrected chi connectivity index (χ0v) is 14.0. The van der Waals surface area contributed by atoms with Crippen LogP contribution in [0.25, 0.3) is 0 Å². The first-order valence-electron chi connectivity index (χ1n) is 8.33. The van der Waals surface area contributed by atoms with Crippen molar-refractivity contribution in [2.45, 2.75) is 58.5 Å². The van der Waals surface area contributed by atoms with Crippen molar-refractivity contribution in [2.75, 3.05) is 6.54 Å². The van der Waals surface area contributed by atoms with Gasteiger partial charge in [-0.3, -0.25) is 4.99 Å². The Morgan fingerprint density at radius 3 is 2.50 bits per heavy atom. The van der Waals surface area contributed by atoms with Crippen molar-refractivity contribution in [1.29, 1.82) is 0 Å². The van der Waals surface area contributed by atoms with E-state index in [1.54, 1.807) is 0 Å². The van der Waals surface area contributed by atoms with E-state index in [4.69, 9.17) is 4.74 Å². The molecule has 1 aliphatic carbocycles. The fraction of sp³-hybridized carbons (Fsp3) is 0.579. The quantitative estimate of drug-likeness (QED) is 0.604. The summed E-state index contributed by atoms with van der Waals surface area (Å²) in [6.45, 7) is 6.87. The van der Waals surface area contributed by atoms with Crippen LogP contribution < -0.4 is 0 Å². The van der Waals surface area contributed by atoms with Crippen LogP contribution in [0, 0.1) is 5.92 Å². The van der Waals surface area contributed by atoms with Crippen molar-refractivity contribution in [3.63, 3.8) is 0 Å². The zero-order valence-electron chi connectivity index (χ0n) is 14.0. The van der Waals surface area contributed by atoms with Crippen molar-refractivity contribution in [3.05, 3.63) is 35.9 Å². The minimum atomic E-state index is -0.325. The summed E-state index contributed by atoms with van der Waals surface area (Å²) in [5.41, 5.74) is 1.30. The number of rotatable bonds is 5. The lowest BCUT2D eigenvalue weighted by molar-refractivity contribution is -0.153. The Morgan fingerprint density at radius 2 is 1.91 bits per heavy atom. The molecule has 1 aromatic carbocycles. The first-order chi connectivity index (χ1) is 10.5. The molecule has 0 unspecified atom stereocenters. The van der Waals surface area contributed by atoms with Crippen LogP contribution in [0.4, 0.5) is 0 Å². The van der Waals surface area contributed by atoms with Crippen molar-refractivity contribution in [2.24, 2.45) is 10.9 Å². The van der Waals surface area contributed by atoms with Crippen LogP contribution in [0.3, 0.4) is 0 Å². The Bertz CT molecular complexity index is 513. The molecule has 22 heavy (non-hydrogen) atoms. The number of aliphatic imine (C=N–C) groups is 1. The van der Waals surface area contributed by atoms with Gasteiger partial charge in [0.1, 0.15) is 11.3 Å². The summed E-state index contributed by atoms with van der Waals surface area (Å²) < 4.78 is 5.84. The maximum Gasteiger partial charge on any atom is 0.353 e. The largest absolute Gasteiger partial charge is 0.455 e. The Hall–Kier alpha value is -1.64. The lowest BCUT2D eigenvalue weighted by Gasteiger charge is -2.35. The van der Waals surface area contributed by atoms with Gasteiger partial charge in [-0.2, -0.15) is 0 Å². The summed E-state index contributed by atoms with van der Waals surface area (Å²) >= 11 is 0. The molecule has 0 bridgehead atoms. The minimum absolute atomic E-state index is 0.247. The fourth-order valence-corrected chi connectivity index (χ4v) is 2.93. The summed E-state index contributed by atoms with van der Waals surface area (Å²) in [6.07, 6.45) is 4.70. The average Bonchev–Trinajstić information content (AvgIpc) is 2.51. The summed E-state index contributed by atoms with van der Waals surface area (Å²) in [6, 6.07) is 9.97. The number of esters is 1. The van der Waals surface area contributed by atoms with Crippen LogP contribution in [-0.4, -0.2) is 23.8 Å². The topological polar surface area (TPSA) is 38.7 Å². The number of ether oxygens (including phenoxy) is 1. The normalized spacial score (nSPS) is 25.8. The number of hydrogen-bond donors (Lipinski definition) is 0. The molecular formula is C19H27NO2. The Kier molecular flexibility index (Phi) is 5.76. The van der Waals surface area contributed by atoms with Crippen molar-refractivity contribution in [1.82, 2.24) is 0 Å². The van der Waals surface area contributed by atoms with Crippen LogP contribution in [0.15, 0.2) is 35.3 Å². The van der Waals surface area contributed by atoms with Crippen molar-refractivity contribution in [3.8, 4) is 0 Å². The fourth-order valence-electron chi connectivity index (χ4n) is 2.93. The van der Waals surface area contributed by atoms with Crippen LogP contribution >= 0.6 is 0 Å². The number of carbonyl (C=O) groups excluding carboxylic acids is 1. The molecule has 0 aliphatic heterocycles. The average molecular weight is 301 g/mol. The van der Waals surface area contributed by atoms with Gasteiger partial charge < -0.3 is 4.74 Å². The third kappa shape index (κ3) is 4.69. The van der Waals surface area contributed by atoms with Gasteiger partial charge in [0.15, 0.2) is 0 Å². The summed E-state index contributed by atoms with van der Waals surface area (Å²) in [4.78, 5) is 16.9. The molecule has 2 rings (SSSR count). The van der Waals surface area contributed by atoms with Gasteiger partial charge in [0, 0.05) is 13.0 Å². The van der Waals surface area contributed by atoms with E-state index in [1.807, 2.05) is 37.3 Å². The first kappa shape index (κ1) is 16.7. The summed E-state index contributed by atoms with van der Waals surface area (Å²) in [7, 11) is 0. The molecule has 3 heteroatoms. The molecule has 3 nitrogen and oxygen atoms in total. The number of hydrogen-bond acceptors (Lipinski definition) is 3. The highest BCUT2D eigenvalue weighted by molar-refractivity contribution is 6.37. The SMILES string of the molecule is CCN=C(Cc1ccccc1)C(=O)OC1(C)CCC(C)CC1. The highest BCUT2D eigenvalue weighted by Crippen LogP contribution is 2.34. The van der Waals surface area contributed by atoms with E-state index in [2.05, 4.69) is 18.8 Å². The molecule has 120 valence electrons. The van der Waals surface area contributed by atoms with E-state index >= 15 is 0 Å². The second kappa shape index (κ2) is 7.57. The molecule has 0 saturated heterocycles. The van der Waals surface area contributed by atoms with Gasteiger partial charge in [-0.15, -0.1) is 0 Å². The molecule has 0 atom stereocenters. The zero-order chi connectivity index (χ0) is 16.0. The van der Waals surface area contributed by atoms with Gasteiger partial charge in [0.2, 0.25) is 0 Å². The number of carbonyl (C=O) groups is 1. The van der Waals surface area contributed by atoms with Gasteiger partial charge in [-0.05, 0) is 51.0 Å². The van der Waals surface area contributed by atoms with E-state index in [9.17, 15) is 4.79 Å². The number of benzene rings is 1. The highest BCUT2D eigenvalue weighted by atomic mass is 16.6. The standard InChI is InChI=1S/C19H27NO2/c1-4-20-17(14-16-8-6-5-7-9-16)18(21)22-19(3)12-10-15(2)11-13-19/h5-9,15H,4,10-14H2,1-3H3. The molecule has 0 spiro atoms. The molecule has 1 aliphatic rings. The van der Waals surface area contributed by atoms with Crippen LogP contribution in [0.5, 0.6) is 0 Å². The summed E-state index contributed by atoms with van der Waals surface area (Å²) in [5, 5.41) is 0. The molecule has 0 heterocycles. The monoisotopic (exact) mass is 301 g/mol. The molecule has 1 saturated carbocycles. The Labute approximate surface area is 133 Å². The van der Waals surface area contributed by atoms with E-state index in [0.717, 1.165) is 37.2 Å². The third-order valence-electron chi connectivity index (χ3n) is 4.47. The third-order valence-corrected chi connectivity index (χ3v) is 4.47. The van der Waals surface area contributed by atoms with Crippen LogP contribution in [0.2, 0.25) is 0 Å². The predicted octanol–water partition coefficient (Wildman–Crippen LogP) is 4.20. The van der Waals surface area contributed by atoms with Gasteiger partial charge in [-0.1, -0.05) is 37.3 Å². The highest BCUT2D eigenvalue weighted by Gasteiger charge is 2.34. The first-order valence-corrected chi connectivity index (χ1v) is 8.33. The van der Waals surface area contributed by atoms with Crippen molar-refractivity contribution < 1.29 is 9.53 Å². The second-order valence-electron chi connectivity index (χ2n) is 6.61. The van der Waals surface area contributed by atoms with E-state index in [0.29, 0.717) is 18.7 Å². The van der Waals surface area contributed by atoms with E-state index in [-0.39, 0.29) is 11.6 Å². The molecule has 0 N–H and O–H groups in total. The number of nitrogens with zero attached hydrogens (tertiary/aromatic N) is 1. The molecular weight excluding hydrogens is 274 g/mol. The Balaban J connectivity index is 2.02. The lowest BCUT2D eigenvalue weighted by atomic mass is 9.80. The molecule has 0 amide bonds. The van der Waals surface area contributed by atoms with E-state index in [1.165, 1.54) is 0 Å². The Morgan fingerprint density at radius 1 is 1.27 bits per heavy atom. The smallest absolute Gasteiger partial charge is 0.353 e. The molecule has 1 fully saturated rings. The van der Waals surface area contributed by atoms with Gasteiger partial charge >= 0.3 is 5.97 Å². The molecule has 0 radical (unpaired) electrons. The molecule has 0 aromatic heterocycles. The maximum absolute atomic E-state index is 12.5. The van der Waals surface area contributed by atoms with Crippen LogP contribution in [-0.2, 0) is 16.0 Å².